The van der Waals surface area contributed by atoms with Gasteiger partial charge in [-0.2, -0.15) is 10.5 Å². The first-order valence-electron chi connectivity index (χ1n) is 12.7. The number of hydrogen-bond acceptors (Lipinski definition) is 7. The van der Waals surface area contributed by atoms with Crippen molar-refractivity contribution in [3.8, 4) is 51.8 Å². The minimum absolute atomic E-state index is 0.206. The van der Waals surface area contributed by atoms with Crippen LogP contribution in [0, 0.1) is 22.7 Å². The van der Waals surface area contributed by atoms with Crippen LogP contribution in [0.25, 0.3) is 22.5 Å². The van der Waals surface area contributed by atoms with Crippen LogP contribution < -0.4 is 14.2 Å². The largest absolute Gasteiger partial charge is 0.497 e. The summed E-state index contributed by atoms with van der Waals surface area (Å²) in [5.41, 5.74) is 4.77. The third-order valence-electron chi connectivity index (χ3n) is 6.48. The zero-order valence-electron chi connectivity index (χ0n) is 22.5. The molecule has 0 N–H and O–H groups in total. The molecule has 0 unspecified atom stereocenters. The highest BCUT2D eigenvalue weighted by atomic mass is 16.5. The van der Waals surface area contributed by atoms with Gasteiger partial charge in [0.15, 0.2) is 0 Å². The molecule has 0 aliphatic rings. The Kier molecular flexibility index (Phi) is 8.09. The molecule has 7 nitrogen and oxygen atoms in total. The van der Waals surface area contributed by atoms with Crippen LogP contribution in [0.1, 0.15) is 22.3 Å². The average Bonchev–Trinajstić information content (AvgIpc) is 3.42. The van der Waals surface area contributed by atoms with Crippen molar-refractivity contribution in [3.63, 3.8) is 0 Å². The lowest BCUT2D eigenvalue weighted by Crippen LogP contribution is -1.98. The van der Waals surface area contributed by atoms with Gasteiger partial charge in [0.2, 0.25) is 5.88 Å². The second kappa shape index (κ2) is 12.4. The molecule has 0 aliphatic heterocycles. The van der Waals surface area contributed by atoms with Crippen molar-refractivity contribution in [1.82, 2.24) is 0 Å². The maximum absolute atomic E-state index is 10.2. The Bertz CT molecular complexity index is 1760. The fourth-order valence-electron chi connectivity index (χ4n) is 4.29. The summed E-state index contributed by atoms with van der Waals surface area (Å²) in [6.45, 7) is 0.289. The van der Waals surface area contributed by atoms with E-state index in [9.17, 15) is 10.5 Å². The molecule has 0 saturated carbocycles. The van der Waals surface area contributed by atoms with Gasteiger partial charge < -0.3 is 18.6 Å². The number of ether oxygens (including phenoxy) is 3. The molecule has 200 valence electrons. The Morgan fingerprint density at radius 1 is 0.732 bits per heavy atom. The number of hydrogen-bond donors (Lipinski definition) is 0. The van der Waals surface area contributed by atoms with E-state index in [0.29, 0.717) is 39.7 Å². The highest BCUT2D eigenvalue weighted by molar-refractivity contribution is 5.90. The summed E-state index contributed by atoms with van der Waals surface area (Å²) >= 11 is 0. The molecule has 0 saturated heterocycles. The first-order valence-corrected chi connectivity index (χ1v) is 12.7. The summed E-state index contributed by atoms with van der Waals surface area (Å²) in [6, 6.07) is 34.1. The zero-order valence-corrected chi connectivity index (χ0v) is 22.5. The molecule has 7 heteroatoms. The smallest absolute Gasteiger partial charge is 0.238 e. The van der Waals surface area contributed by atoms with Gasteiger partial charge >= 0.3 is 0 Å². The highest BCUT2D eigenvalue weighted by Gasteiger charge is 2.23. The van der Waals surface area contributed by atoms with Gasteiger partial charge in [0.1, 0.15) is 41.2 Å². The van der Waals surface area contributed by atoms with Crippen molar-refractivity contribution in [2.45, 2.75) is 6.61 Å². The number of aliphatic imine (C=N–C) groups is 1. The van der Waals surface area contributed by atoms with Crippen molar-refractivity contribution in [3.05, 3.63) is 119 Å². The summed E-state index contributed by atoms with van der Waals surface area (Å²) < 4.78 is 22.7. The number of nitrogens with zero attached hydrogens (tertiary/aromatic N) is 3. The van der Waals surface area contributed by atoms with Crippen LogP contribution in [0.4, 0.5) is 5.88 Å². The van der Waals surface area contributed by atoms with Crippen molar-refractivity contribution in [2.24, 2.45) is 4.99 Å². The highest BCUT2D eigenvalue weighted by Crippen LogP contribution is 2.43. The molecule has 0 bridgehead atoms. The molecule has 0 aliphatic carbocycles. The van der Waals surface area contributed by atoms with Crippen LogP contribution in [0.3, 0.4) is 0 Å². The molecule has 0 atom stereocenters. The first-order chi connectivity index (χ1) is 20.1. The molecule has 0 spiro atoms. The maximum Gasteiger partial charge on any atom is 0.238 e. The summed E-state index contributed by atoms with van der Waals surface area (Å²) in [4.78, 5) is 4.55. The molecular formula is C34H25N3O4. The zero-order chi connectivity index (χ0) is 28.6. The molecule has 5 rings (SSSR count). The molecular weight excluding hydrogens is 514 g/mol. The lowest BCUT2D eigenvalue weighted by molar-refractivity contribution is 0.306. The van der Waals surface area contributed by atoms with Gasteiger partial charge in [0, 0.05) is 22.9 Å². The van der Waals surface area contributed by atoms with Crippen LogP contribution in [0.2, 0.25) is 0 Å². The molecule has 1 heterocycles. The average molecular weight is 540 g/mol. The minimum atomic E-state index is 0.206. The molecule has 1 aromatic heterocycles. The van der Waals surface area contributed by atoms with E-state index in [1.54, 1.807) is 26.5 Å². The van der Waals surface area contributed by atoms with Crippen molar-refractivity contribution < 1.29 is 18.6 Å². The SMILES string of the molecule is COc1ccc(-c2oc(N=Cc3ccc(OCc4ccccc4C#N)cc3)c(C#N)c2-c2ccc(OC)cc2)cc1. The third kappa shape index (κ3) is 5.95. The van der Waals surface area contributed by atoms with E-state index < -0.39 is 0 Å². The van der Waals surface area contributed by atoms with E-state index in [4.69, 9.17) is 18.6 Å². The van der Waals surface area contributed by atoms with E-state index >= 15 is 0 Å². The van der Waals surface area contributed by atoms with Gasteiger partial charge in [-0.1, -0.05) is 30.3 Å². The van der Waals surface area contributed by atoms with Crippen LogP contribution in [-0.2, 0) is 6.61 Å². The molecule has 0 amide bonds. The van der Waals surface area contributed by atoms with Gasteiger partial charge in [-0.15, -0.1) is 0 Å². The number of nitriles is 2. The standard InChI is InChI=1S/C34H25N3O4/c1-38-28-15-9-24(10-16-28)32-31(20-36)34(41-33(32)25-11-17-29(39-2)18-12-25)37-21-23-7-13-30(14-8-23)40-22-27-6-4-3-5-26(27)19-35/h3-18,21H,22H2,1-2H3. The number of furan rings is 1. The summed E-state index contributed by atoms with van der Waals surface area (Å²) in [5, 5.41) is 19.4. The first kappa shape index (κ1) is 26.8. The molecule has 4 aromatic carbocycles. The maximum atomic E-state index is 10.2. The summed E-state index contributed by atoms with van der Waals surface area (Å²) in [6.07, 6.45) is 1.64. The summed E-state index contributed by atoms with van der Waals surface area (Å²) in [5.74, 6) is 2.82. The van der Waals surface area contributed by atoms with Gasteiger partial charge in [0.25, 0.3) is 0 Å². The number of methoxy groups -OCH3 is 2. The Labute approximate surface area is 238 Å². The monoisotopic (exact) mass is 539 g/mol. The van der Waals surface area contributed by atoms with Gasteiger partial charge in [0.05, 0.1) is 25.9 Å². The lowest BCUT2D eigenvalue weighted by atomic mass is 9.98. The second-order valence-corrected chi connectivity index (χ2v) is 8.94. The van der Waals surface area contributed by atoms with Crippen LogP contribution in [0.5, 0.6) is 17.2 Å². The Morgan fingerprint density at radius 2 is 1.34 bits per heavy atom. The van der Waals surface area contributed by atoms with Crippen LogP contribution in [-0.4, -0.2) is 20.4 Å². The lowest BCUT2D eigenvalue weighted by Gasteiger charge is -2.07. The Morgan fingerprint density at radius 3 is 1.95 bits per heavy atom. The minimum Gasteiger partial charge on any atom is -0.497 e. The normalized spacial score (nSPS) is 10.6. The predicted octanol–water partition coefficient (Wildman–Crippen LogP) is 7.70. The molecule has 5 aromatic rings. The van der Waals surface area contributed by atoms with E-state index in [1.807, 2.05) is 91.0 Å². The fourth-order valence-corrected chi connectivity index (χ4v) is 4.29. The second-order valence-electron chi connectivity index (χ2n) is 8.94. The van der Waals surface area contributed by atoms with Crippen molar-refractivity contribution in [1.29, 1.82) is 10.5 Å². The Balaban J connectivity index is 1.44. The quantitative estimate of drug-likeness (QED) is 0.178. The fraction of sp³-hybridized carbons (Fsp3) is 0.0882. The Hall–Kier alpha value is -5.79. The third-order valence-corrected chi connectivity index (χ3v) is 6.48. The van der Waals surface area contributed by atoms with E-state index in [0.717, 1.165) is 22.3 Å². The van der Waals surface area contributed by atoms with E-state index in [-0.39, 0.29) is 12.5 Å². The molecule has 0 fully saturated rings. The predicted molar refractivity (Wildman–Crippen MR) is 157 cm³/mol. The molecule has 41 heavy (non-hydrogen) atoms. The van der Waals surface area contributed by atoms with Gasteiger partial charge in [-0.25, -0.2) is 4.99 Å². The van der Waals surface area contributed by atoms with Crippen LogP contribution >= 0.6 is 0 Å². The van der Waals surface area contributed by atoms with Crippen molar-refractivity contribution in [2.75, 3.05) is 14.2 Å². The summed E-state index contributed by atoms with van der Waals surface area (Å²) in [7, 11) is 3.22. The van der Waals surface area contributed by atoms with Crippen LogP contribution in [0.15, 0.2) is 106 Å². The number of benzene rings is 4. The van der Waals surface area contributed by atoms with Crippen molar-refractivity contribution >= 4 is 12.1 Å². The van der Waals surface area contributed by atoms with E-state index in [1.165, 1.54) is 0 Å². The van der Waals surface area contributed by atoms with E-state index in [2.05, 4.69) is 17.1 Å². The number of rotatable bonds is 9. The topological polar surface area (TPSA) is 101 Å². The van der Waals surface area contributed by atoms with Gasteiger partial charge in [-0.05, 0) is 77.9 Å². The molecule has 0 radical (unpaired) electrons. The van der Waals surface area contributed by atoms with Gasteiger partial charge in [-0.3, -0.25) is 0 Å².